The molecule has 12 heavy (non-hydrogen) atoms. The lowest BCUT2D eigenvalue weighted by molar-refractivity contribution is 0.270. The molecular weight excluding hydrogens is 152 g/mol. The Morgan fingerprint density at radius 1 is 1.58 bits per heavy atom. The molecule has 2 aromatic rings. The first-order valence-electron chi connectivity index (χ1n) is 3.84. The normalized spacial score (nSPS) is 10.8. The van der Waals surface area contributed by atoms with Crippen molar-refractivity contribution in [3.63, 3.8) is 0 Å². The van der Waals surface area contributed by atoms with E-state index in [1.54, 1.807) is 4.68 Å². The zero-order valence-electron chi connectivity index (χ0n) is 6.57. The number of hydrogen-bond acceptors (Lipinski definition) is 2. The second kappa shape index (κ2) is 2.95. The van der Waals surface area contributed by atoms with Gasteiger partial charge in [-0.25, -0.2) is 0 Å². The molecule has 0 aliphatic heterocycles. The number of aromatic nitrogens is 2. The maximum Gasteiger partial charge on any atom is 0.0929 e. The van der Waals surface area contributed by atoms with Gasteiger partial charge in [-0.05, 0) is 12.1 Å². The van der Waals surface area contributed by atoms with E-state index in [9.17, 15) is 0 Å². The Labute approximate surface area is 70.2 Å². The lowest BCUT2D eigenvalue weighted by Crippen LogP contribution is -2.01. The molecule has 0 aliphatic carbocycles. The molecule has 2 rings (SSSR count). The number of aliphatic hydroxyl groups is 1. The fourth-order valence-corrected chi connectivity index (χ4v) is 1.17. The summed E-state index contributed by atoms with van der Waals surface area (Å²) >= 11 is 0. The number of fused-ring (bicyclic) bond motifs is 1. The van der Waals surface area contributed by atoms with Crippen molar-refractivity contribution in [2.24, 2.45) is 0 Å². The Bertz CT molecular complexity index is 348. The molecule has 0 amide bonds. The van der Waals surface area contributed by atoms with Crippen LogP contribution in [0.2, 0.25) is 0 Å². The SMILES string of the molecule is OCCn1cc2cc[c]cc2n1. The van der Waals surface area contributed by atoms with Crippen LogP contribution < -0.4 is 0 Å². The van der Waals surface area contributed by atoms with E-state index in [2.05, 4.69) is 11.2 Å². The molecule has 0 saturated carbocycles. The van der Waals surface area contributed by atoms with Gasteiger partial charge in [0.05, 0.1) is 18.7 Å². The monoisotopic (exact) mass is 161 g/mol. The maximum absolute atomic E-state index is 8.68. The Morgan fingerprint density at radius 3 is 3.25 bits per heavy atom. The Hall–Kier alpha value is -1.35. The highest BCUT2D eigenvalue weighted by Gasteiger charge is 1.97. The van der Waals surface area contributed by atoms with Crippen LogP contribution in [0.25, 0.3) is 10.9 Å². The quantitative estimate of drug-likeness (QED) is 0.708. The second-order valence-corrected chi connectivity index (χ2v) is 2.60. The number of benzene rings is 1. The second-order valence-electron chi connectivity index (χ2n) is 2.60. The van der Waals surface area contributed by atoms with Crippen LogP contribution in [0.1, 0.15) is 0 Å². The van der Waals surface area contributed by atoms with Crippen LogP contribution in [0, 0.1) is 6.07 Å². The van der Waals surface area contributed by atoms with Gasteiger partial charge in [-0.3, -0.25) is 4.68 Å². The van der Waals surface area contributed by atoms with Gasteiger partial charge in [-0.1, -0.05) is 12.1 Å². The van der Waals surface area contributed by atoms with Crippen molar-refractivity contribution in [1.29, 1.82) is 0 Å². The summed E-state index contributed by atoms with van der Waals surface area (Å²) in [5, 5.41) is 14.0. The number of nitrogens with zero attached hydrogens (tertiary/aromatic N) is 2. The van der Waals surface area contributed by atoms with Crippen LogP contribution in [0.4, 0.5) is 0 Å². The first kappa shape index (κ1) is 7.31. The van der Waals surface area contributed by atoms with Crippen LogP contribution in [0.5, 0.6) is 0 Å². The zero-order chi connectivity index (χ0) is 8.39. The van der Waals surface area contributed by atoms with Gasteiger partial charge in [-0.15, -0.1) is 0 Å². The third kappa shape index (κ3) is 1.19. The predicted molar refractivity (Wildman–Crippen MR) is 45.7 cm³/mol. The lowest BCUT2D eigenvalue weighted by atomic mass is 10.3. The molecule has 0 unspecified atom stereocenters. The van der Waals surface area contributed by atoms with Gasteiger partial charge in [0.2, 0.25) is 0 Å². The molecule has 3 heteroatoms. The van der Waals surface area contributed by atoms with E-state index < -0.39 is 0 Å². The number of aliphatic hydroxyl groups excluding tert-OH is 1. The van der Waals surface area contributed by atoms with Crippen LogP contribution in [0.15, 0.2) is 24.4 Å². The molecule has 0 bridgehead atoms. The van der Waals surface area contributed by atoms with Crippen molar-refractivity contribution in [3.8, 4) is 0 Å². The van der Waals surface area contributed by atoms with E-state index in [1.807, 2.05) is 24.4 Å². The van der Waals surface area contributed by atoms with Crippen molar-refractivity contribution in [2.75, 3.05) is 6.61 Å². The van der Waals surface area contributed by atoms with Crippen molar-refractivity contribution in [1.82, 2.24) is 9.78 Å². The lowest BCUT2D eigenvalue weighted by Gasteiger charge is -1.92. The molecule has 0 spiro atoms. The Kier molecular flexibility index (Phi) is 1.80. The largest absolute Gasteiger partial charge is 0.394 e. The summed E-state index contributed by atoms with van der Waals surface area (Å²) in [7, 11) is 0. The third-order valence-electron chi connectivity index (χ3n) is 1.73. The topological polar surface area (TPSA) is 38.0 Å². The van der Waals surface area contributed by atoms with E-state index in [4.69, 9.17) is 5.11 Å². The standard InChI is InChI=1S/C9H9N2O/c12-6-5-11-7-8-3-1-2-4-9(8)10-11/h1,3-4,7,12H,5-6H2. The maximum atomic E-state index is 8.68. The molecule has 1 radical (unpaired) electrons. The van der Waals surface area contributed by atoms with Crippen LogP contribution in [-0.4, -0.2) is 21.5 Å². The van der Waals surface area contributed by atoms with Crippen molar-refractivity contribution < 1.29 is 5.11 Å². The van der Waals surface area contributed by atoms with E-state index in [1.165, 1.54) is 0 Å². The molecule has 1 heterocycles. The predicted octanol–water partition coefficient (Wildman–Crippen LogP) is 0.829. The van der Waals surface area contributed by atoms with E-state index in [-0.39, 0.29) is 6.61 Å². The summed E-state index contributed by atoms with van der Waals surface area (Å²) in [6.45, 7) is 0.673. The van der Waals surface area contributed by atoms with Gasteiger partial charge in [0, 0.05) is 11.6 Å². The first-order valence-corrected chi connectivity index (χ1v) is 3.84. The summed E-state index contributed by atoms with van der Waals surface area (Å²) in [5.74, 6) is 0. The molecule has 0 fully saturated rings. The highest BCUT2D eigenvalue weighted by atomic mass is 16.3. The molecule has 61 valence electrons. The summed E-state index contributed by atoms with van der Waals surface area (Å²) in [6, 6.07) is 8.60. The molecule has 1 aromatic carbocycles. The minimum atomic E-state index is 0.123. The Morgan fingerprint density at radius 2 is 2.50 bits per heavy atom. The fraction of sp³-hybridized carbons (Fsp3) is 0.222. The van der Waals surface area contributed by atoms with Crippen molar-refractivity contribution in [3.05, 3.63) is 30.5 Å². The summed E-state index contributed by atoms with van der Waals surface area (Å²) < 4.78 is 1.73. The molecule has 0 atom stereocenters. The average molecular weight is 161 g/mol. The molecule has 1 N–H and O–H groups in total. The summed E-state index contributed by atoms with van der Waals surface area (Å²) in [4.78, 5) is 0. The third-order valence-corrected chi connectivity index (χ3v) is 1.73. The minimum absolute atomic E-state index is 0.123. The van der Waals surface area contributed by atoms with E-state index in [0.29, 0.717) is 6.54 Å². The summed E-state index contributed by atoms with van der Waals surface area (Å²) in [5.41, 5.74) is 0.922. The molecule has 0 saturated heterocycles. The van der Waals surface area contributed by atoms with Gasteiger partial charge < -0.3 is 5.11 Å². The van der Waals surface area contributed by atoms with Crippen molar-refractivity contribution in [2.45, 2.75) is 6.54 Å². The fourth-order valence-electron chi connectivity index (χ4n) is 1.17. The van der Waals surface area contributed by atoms with Gasteiger partial charge in [0.1, 0.15) is 0 Å². The van der Waals surface area contributed by atoms with Gasteiger partial charge in [0.15, 0.2) is 0 Å². The Balaban J connectivity index is 2.47. The minimum Gasteiger partial charge on any atom is -0.394 e. The average Bonchev–Trinajstić information content (AvgIpc) is 2.47. The van der Waals surface area contributed by atoms with Crippen molar-refractivity contribution >= 4 is 10.9 Å². The molecular formula is C9H9N2O. The van der Waals surface area contributed by atoms with E-state index in [0.717, 1.165) is 10.9 Å². The zero-order valence-corrected chi connectivity index (χ0v) is 6.57. The van der Waals surface area contributed by atoms with Crippen LogP contribution >= 0.6 is 0 Å². The number of hydrogen-bond donors (Lipinski definition) is 1. The summed E-state index contributed by atoms with van der Waals surface area (Å²) in [6.07, 6.45) is 1.92. The van der Waals surface area contributed by atoms with E-state index >= 15 is 0 Å². The molecule has 1 aromatic heterocycles. The van der Waals surface area contributed by atoms with Crippen LogP contribution in [-0.2, 0) is 6.54 Å². The van der Waals surface area contributed by atoms with Gasteiger partial charge >= 0.3 is 0 Å². The van der Waals surface area contributed by atoms with Crippen LogP contribution in [0.3, 0.4) is 0 Å². The van der Waals surface area contributed by atoms with Gasteiger partial charge in [-0.2, -0.15) is 5.10 Å². The smallest absolute Gasteiger partial charge is 0.0929 e. The molecule has 0 aliphatic rings. The van der Waals surface area contributed by atoms with Gasteiger partial charge in [0.25, 0.3) is 0 Å². The first-order chi connectivity index (χ1) is 5.90. The highest BCUT2D eigenvalue weighted by Crippen LogP contribution is 2.09. The molecule has 3 nitrogen and oxygen atoms in total. The highest BCUT2D eigenvalue weighted by molar-refractivity contribution is 5.77. The number of rotatable bonds is 2.